The van der Waals surface area contributed by atoms with E-state index in [-0.39, 0.29) is 23.6 Å². The van der Waals surface area contributed by atoms with Gasteiger partial charge in [0.2, 0.25) is 0 Å². The van der Waals surface area contributed by atoms with Gasteiger partial charge >= 0.3 is 0 Å². The predicted octanol–water partition coefficient (Wildman–Crippen LogP) is 4.40. The highest BCUT2D eigenvalue weighted by Gasteiger charge is 2.30. The Bertz CT molecular complexity index is 2020. The first-order valence-corrected chi connectivity index (χ1v) is 16.7. The molecule has 0 spiro atoms. The van der Waals surface area contributed by atoms with Crippen LogP contribution in [0.5, 0.6) is 5.75 Å². The van der Waals surface area contributed by atoms with Crippen LogP contribution in [0.15, 0.2) is 42.7 Å². The second kappa shape index (κ2) is 14.3. The highest BCUT2D eigenvalue weighted by molar-refractivity contribution is 6.00. The number of ether oxygens (including phenoxy) is 2. The maximum atomic E-state index is 14.2. The van der Waals surface area contributed by atoms with Crippen LogP contribution in [0.2, 0.25) is 0 Å². The molecule has 4 N–H and O–H groups in total. The van der Waals surface area contributed by atoms with E-state index in [4.69, 9.17) is 30.9 Å². The number of hydrogen-bond acceptors (Lipinski definition) is 8. The lowest BCUT2D eigenvalue weighted by atomic mass is 10.0. The lowest BCUT2D eigenvalue weighted by Crippen LogP contribution is -2.53. The van der Waals surface area contributed by atoms with Gasteiger partial charge in [0.05, 0.1) is 36.2 Å². The zero-order valence-electron chi connectivity index (χ0n) is 28.4. The summed E-state index contributed by atoms with van der Waals surface area (Å²) in [4.78, 5) is 41.2. The van der Waals surface area contributed by atoms with Gasteiger partial charge in [0, 0.05) is 62.7 Å². The summed E-state index contributed by atoms with van der Waals surface area (Å²) in [6.45, 7) is 3.69. The predicted molar refractivity (Wildman–Crippen MR) is 185 cm³/mol. The van der Waals surface area contributed by atoms with Gasteiger partial charge in [0.15, 0.2) is 11.6 Å². The Morgan fingerprint density at radius 1 is 1.08 bits per heavy atom. The number of piperidine rings is 1. The highest BCUT2D eigenvalue weighted by Crippen LogP contribution is 2.35. The number of nitrogens with zero attached hydrogens (tertiary/aromatic N) is 6. The molecule has 0 radical (unpaired) electrons. The molecule has 5 aromatic rings. The number of hydrogen-bond donors (Lipinski definition) is 2. The standard InChI is InChI=1S/C36H43FN8O4/c1-5-24-11-10-21-16-28(45(34(21)41-24)13-8-6-7-9-22-18-40-19-25(37)31(22)33(39)46)35-42-27-15-23(17-30(49-4)32(27)43(35)2)36(47)44-14-12-29(48-3)26(38)20-44/h10-11,15-19,26,29H,5-9,12-14,20,38H2,1-4H3,(H2,39,46). The molecule has 2 unspecified atom stereocenters. The van der Waals surface area contributed by atoms with Gasteiger partial charge in [0.1, 0.15) is 16.9 Å². The maximum absolute atomic E-state index is 14.2. The lowest BCUT2D eigenvalue weighted by Gasteiger charge is -2.36. The minimum Gasteiger partial charge on any atom is -0.494 e. The van der Waals surface area contributed by atoms with E-state index in [1.165, 1.54) is 6.20 Å². The number of benzene rings is 1. The summed E-state index contributed by atoms with van der Waals surface area (Å²) < 4.78 is 29.7. The molecule has 1 aliphatic rings. The summed E-state index contributed by atoms with van der Waals surface area (Å²) in [7, 11) is 5.18. The van der Waals surface area contributed by atoms with Crippen LogP contribution in [0.4, 0.5) is 4.39 Å². The first-order chi connectivity index (χ1) is 23.6. The molecule has 2 amide bonds. The number of primary amides is 1. The Kier molecular flexibility index (Phi) is 9.93. The number of carbonyl (C=O) groups is 2. The average molecular weight is 671 g/mol. The fourth-order valence-electron chi connectivity index (χ4n) is 6.92. The molecule has 2 atom stereocenters. The van der Waals surface area contributed by atoms with Gasteiger partial charge in [-0.2, -0.15) is 0 Å². The maximum Gasteiger partial charge on any atom is 0.254 e. The van der Waals surface area contributed by atoms with Crippen molar-refractivity contribution in [1.29, 1.82) is 0 Å². The number of halogens is 1. The van der Waals surface area contributed by atoms with Crippen LogP contribution in [0.25, 0.3) is 33.6 Å². The monoisotopic (exact) mass is 670 g/mol. The van der Waals surface area contributed by atoms with Gasteiger partial charge in [-0.05, 0) is 68.0 Å². The number of imidazole rings is 1. The molecule has 1 aromatic carbocycles. The first-order valence-electron chi connectivity index (χ1n) is 16.7. The van der Waals surface area contributed by atoms with Gasteiger partial charge in [-0.15, -0.1) is 0 Å². The summed E-state index contributed by atoms with van der Waals surface area (Å²) in [5, 5.41) is 0.995. The van der Waals surface area contributed by atoms with Crippen LogP contribution in [-0.4, -0.2) is 80.3 Å². The zero-order valence-corrected chi connectivity index (χ0v) is 28.4. The van der Waals surface area contributed by atoms with Crippen LogP contribution >= 0.6 is 0 Å². The quantitative estimate of drug-likeness (QED) is 0.185. The van der Waals surface area contributed by atoms with Crippen LogP contribution in [-0.2, 0) is 31.2 Å². The van der Waals surface area contributed by atoms with Crippen molar-refractivity contribution in [3.63, 3.8) is 0 Å². The van der Waals surface area contributed by atoms with Gasteiger partial charge in [-0.25, -0.2) is 14.4 Å². The molecule has 0 aliphatic carbocycles. The molecule has 4 aromatic heterocycles. The fourth-order valence-corrected chi connectivity index (χ4v) is 6.92. The molecule has 0 saturated carbocycles. The van der Waals surface area contributed by atoms with E-state index in [1.807, 2.05) is 23.7 Å². The smallest absolute Gasteiger partial charge is 0.254 e. The molecule has 12 nitrogen and oxygen atoms in total. The van der Waals surface area contributed by atoms with Crippen LogP contribution in [0.3, 0.4) is 0 Å². The van der Waals surface area contributed by atoms with Crippen molar-refractivity contribution >= 4 is 33.9 Å². The Balaban J connectivity index is 1.30. The Morgan fingerprint density at radius 3 is 2.61 bits per heavy atom. The number of likely N-dealkylation sites (tertiary alicyclic amines) is 1. The van der Waals surface area contributed by atoms with E-state index in [1.54, 1.807) is 25.2 Å². The third-order valence-electron chi connectivity index (χ3n) is 9.53. The van der Waals surface area contributed by atoms with Crippen molar-refractivity contribution in [2.24, 2.45) is 18.5 Å². The van der Waals surface area contributed by atoms with Crippen LogP contribution < -0.4 is 16.2 Å². The molecule has 5 heterocycles. The molecular formula is C36H43FN8O4. The normalized spacial score (nSPS) is 16.5. The Morgan fingerprint density at radius 2 is 1.90 bits per heavy atom. The number of nitrogens with two attached hydrogens (primary N) is 2. The average Bonchev–Trinajstić information content (AvgIpc) is 3.63. The summed E-state index contributed by atoms with van der Waals surface area (Å²) in [5.41, 5.74) is 16.8. The minimum absolute atomic E-state index is 0.0745. The van der Waals surface area contributed by atoms with Crippen molar-refractivity contribution in [2.75, 3.05) is 27.3 Å². The van der Waals surface area contributed by atoms with Crippen molar-refractivity contribution < 1.29 is 23.5 Å². The number of methoxy groups -OCH3 is 2. The number of aryl methyl sites for hydroxylation is 4. The van der Waals surface area contributed by atoms with E-state index < -0.39 is 11.7 Å². The van der Waals surface area contributed by atoms with Crippen LogP contribution in [0, 0.1) is 5.82 Å². The number of pyridine rings is 2. The van der Waals surface area contributed by atoms with Gasteiger partial charge in [0.25, 0.3) is 11.8 Å². The molecule has 13 heteroatoms. The summed E-state index contributed by atoms with van der Waals surface area (Å²) >= 11 is 0. The zero-order chi connectivity index (χ0) is 34.8. The number of unbranched alkanes of at least 4 members (excludes halogenated alkanes) is 2. The summed E-state index contributed by atoms with van der Waals surface area (Å²) in [6, 6.07) is 9.55. The van der Waals surface area contributed by atoms with Crippen molar-refractivity contribution in [3.8, 4) is 17.3 Å². The topological polar surface area (TPSA) is 156 Å². The van der Waals surface area contributed by atoms with Crippen molar-refractivity contribution in [1.82, 2.24) is 29.0 Å². The first kappa shape index (κ1) is 34.0. The second-order valence-electron chi connectivity index (χ2n) is 12.6. The van der Waals surface area contributed by atoms with Gasteiger partial charge in [-0.3, -0.25) is 14.6 Å². The molecule has 1 fully saturated rings. The molecular weight excluding hydrogens is 627 g/mol. The minimum atomic E-state index is -0.789. The van der Waals surface area contributed by atoms with Gasteiger partial charge in [-0.1, -0.05) is 13.3 Å². The molecule has 1 aliphatic heterocycles. The molecule has 49 heavy (non-hydrogen) atoms. The fraction of sp³-hybridized carbons (Fsp3) is 0.417. The van der Waals surface area contributed by atoms with Crippen molar-refractivity contribution in [3.05, 3.63) is 70.9 Å². The number of amides is 2. The van der Waals surface area contributed by atoms with E-state index in [9.17, 15) is 14.0 Å². The molecule has 6 rings (SSSR count). The van der Waals surface area contributed by atoms with E-state index in [2.05, 4.69) is 28.6 Å². The number of carbonyl (C=O) groups excluding carboxylic acids is 2. The highest BCUT2D eigenvalue weighted by atomic mass is 19.1. The van der Waals surface area contributed by atoms with E-state index >= 15 is 0 Å². The van der Waals surface area contributed by atoms with Crippen molar-refractivity contribution in [2.45, 2.75) is 64.1 Å². The second-order valence-corrected chi connectivity index (χ2v) is 12.6. The molecule has 1 saturated heterocycles. The Hall–Kier alpha value is -4.88. The largest absolute Gasteiger partial charge is 0.494 e. The SMILES string of the molecule is CCc1ccc2cc(-c3nc4cc(C(=O)N5CCC(OC)C(N)C5)cc(OC)c4n3C)n(CCCCCc3cncc(F)c3C(N)=O)c2n1. The summed E-state index contributed by atoms with van der Waals surface area (Å²) in [5.74, 6) is -0.344. The van der Waals surface area contributed by atoms with Crippen LogP contribution in [0.1, 0.15) is 64.6 Å². The van der Waals surface area contributed by atoms with E-state index in [0.717, 1.165) is 59.8 Å². The number of aromatic nitrogens is 5. The van der Waals surface area contributed by atoms with Gasteiger partial charge < -0.3 is 35.0 Å². The third-order valence-corrected chi connectivity index (χ3v) is 9.53. The third kappa shape index (κ3) is 6.60. The number of fused-ring (bicyclic) bond motifs is 2. The molecule has 0 bridgehead atoms. The van der Waals surface area contributed by atoms with E-state index in [0.29, 0.717) is 60.7 Å². The number of rotatable bonds is 12. The molecule has 258 valence electrons. The summed E-state index contributed by atoms with van der Waals surface area (Å²) in [6.07, 6.45) is 6.75. The lowest BCUT2D eigenvalue weighted by molar-refractivity contribution is 0.0227. The Labute approximate surface area is 284 Å².